The number of hydrogen-bond acceptors (Lipinski definition) is 4. The monoisotopic (exact) mass is 389 g/mol. The molecular weight excluding hydrogens is 366 g/mol. The Labute approximate surface area is 170 Å². The van der Waals surface area contributed by atoms with Crippen LogP contribution in [0.15, 0.2) is 42.5 Å². The second-order valence-corrected chi connectivity index (χ2v) is 7.58. The summed E-state index contributed by atoms with van der Waals surface area (Å²) in [6, 6.07) is 15.1. The van der Waals surface area contributed by atoms with Gasteiger partial charge in [0.1, 0.15) is 6.10 Å². The van der Waals surface area contributed by atoms with E-state index in [9.17, 15) is 9.59 Å². The smallest absolute Gasteiger partial charge is 0.256 e. The molecule has 2 heterocycles. The second-order valence-electron chi connectivity index (χ2n) is 7.58. The fraction of sp³-hybridized carbons (Fsp3) is 0.348. The fourth-order valence-electron chi connectivity index (χ4n) is 4.18. The van der Waals surface area contributed by atoms with Crippen molar-refractivity contribution < 1.29 is 14.3 Å². The van der Waals surface area contributed by atoms with Crippen molar-refractivity contribution in [1.29, 1.82) is 5.26 Å². The first-order valence-electron chi connectivity index (χ1n) is 9.87. The number of rotatable bonds is 2. The van der Waals surface area contributed by atoms with Gasteiger partial charge >= 0.3 is 0 Å². The maximum Gasteiger partial charge on any atom is 0.256 e. The van der Waals surface area contributed by atoms with Crippen LogP contribution in [0.25, 0.3) is 11.1 Å². The van der Waals surface area contributed by atoms with Crippen LogP contribution in [-0.2, 0) is 14.3 Å². The first-order valence-corrected chi connectivity index (χ1v) is 9.87. The summed E-state index contributed by atoms with van der Waals surface area (Å²) in [7, 11) is 0. The van der Waals surface area contributed by atoms with Gasteiger partial charge in [0.05, 0.1) is 29.0 Å². The molecule has 0 saturated carbocycles. The first kappa shape index (κ1) is 19.2. The number of nitriles is 1. The normalized spacial score (nSPS) is 20.9. The van der Waals surface area contributed by atoms with Crippen molar-refractivity contribution in [3.63, 3.8) is 0 Å². The Morgan fingerprint density at radius 2 is 1.83 bits per heavy atom. The number of amides is 2. The van der Waals surface area contributed by atoms with Crippen LogP contribution in [0.5, 0.6) is 0 Å². The molecule has 2 aromatic rings. The number of carbonyl (C=O) groups excluding carboxylic acids is 2. The molecule has 4 rings (SSSR count). The minimum atomic E-state index is -0.419. The Morgan fingerprint density at radius 1 is 1.10 bits per heavy atom. The van der Waals surface area contributed by atoms with Crippen molar-refractivity contribution >= 4 is 23.2 Å². The molecule has 2 aliphatic heterocycles. The molecule has 0 aliphatic carbocycles. The molecule has 0 N–H and O–H groups in total. The van der Waals surface area contributed by atoms with Gasteiger partial charge in [-0.3, -0.25) is 9.59 Å². The molecule has 6 nitrogen and oxygen atoms in total. The highest BCUT2D eigenvalue weighted by Crippen LogP contribution is 2.39. The molecule has 2 aromatic carbocycles. The Morgan fingerprint density at radius 3 is 2.45 bits per heavy atom. The van der Waals surface area contributed by atoms with Crippen LogP contribution in [0.2, 0.25) is 0 Å². The SMILES string of the molecule is CC(=O)N1c2ccc(-c3ccc(C#N)cc3)cc2N(C(=O)C2CCCO2)C[C@@H]1C. The van der Waals surface area contributed by atoms with E-state index in [-0.39, 0.29) is 17.9 Å². The fourth-order valence-corrected chi connectivity index (χ4v) is 4.18. The predicted molar refractivity (Wildman–Crippen MR) is 111 cm³/mol. The lowest BCUT2D eigenvalue weighted by atomic mass is 9.99. The van der Waals surface area contributed by atoms with E-state index in [1.807, 2.05) is 37.3 Å². The number of anilines is 2. The standard InChI is InChI=1S/C23H23N3O3/c1-15-14-25(23(28)22-4-3-11-29-22)21-12-19(9-10-20(21)26(15)16(2)27)18-7-5-17(13-24)6-8-18/h5-10,12,15,22H,3-4,11,14H2,1-2H3/t15-,22?/m0/s1. The zero-order valence-corrected chi connectivity index (χ0v) is 16.6. The van der Waals surface area contributed by atoms with Crippen molar-refractivity contribution in [1.82, 2.24) is 0 Å². The van der Waals surface area contributed by atoms with Crippen LogP contribution in [0.3, 0.4) is 0 Å². The van der Waals surface area contributed by atoms with Gasteiger partial charge in [-0.1, -0.05) is 18.2 Å². The van der Waals surface area contributed by atoms with Gasteiger partial charge in [0.25, 0.3) is 5.91 Å². The van der Waals surface area contributed by atoms with Crippen LogP contribution in [-0.4, -0.2) is 37.1 Å². The molecule has 2 aliphatic rings. The number of hydrogen-bond donors (Lipinski definition) is 0. The summed E-state index contributed by atoms with van der Waals surface area (Å²) < 4.78 is 5.63. The van der Waals surface area contributed by atoms with Crippen molar-refractivity contribution in [3.8, 4) is 17.2 Å². The highest BCUT2D eigenvalue weighted by atomic mass is 16.5. The third-order valence-corrected chi connectivity index (χ3v) is 5.57. The molecule has 148 valence electrons. The van der Waals surface area contributed by atoms with E-state index in [4.69, 9.17) is 10.00 Å². The summed E-state index contributed by atoms with van der Waals surface area (Å²) in [5, 5.41) is 9.02. The van der Waals surface area contributed by atoms with Crippen LogP contribution in [0.4, 0.5) is 11.4 Å². The Hall–Kier alpha value is -3.17. The van der Waals surface area contributed by atoms with E-state index in [0.29, 0.717) is 18.7 Å². The Balaban J connectivity index is 1.78. The number of nitrogens with zero attached hydrogens (tertiary/aromatic N) is 3. The van der Waals surface area contributed by atoms with E-state index in [2.05, 4.69) is 6.07 Å². The van der Waals surface area contributed by atoms with Crippen LogP contribution < -0.4 is 9.80 Å². The Kier molecular flexibility index (Phi) is 5.08. The molecule has 2 amide bonds. The maximum atomic E-state index is 13.2. The lowest BCUT2D eigenvalue weighted by molar-refractivity contribution is -0.127. The lowest BCUT2D eigenvalue weighted by Crippen LogP contribution is -2.53. The van der Waals surface area contributed by atoms with Crippen LogP contribution >= 0.6 is 0 Å². The van der Waals surface area contributed by atoms with Gasteiger partial charge in [-0.25, -0.2) is 0 Å². The van der Waals surface area contributed by atoms with Crippen LogP contribution in [0.1, 0.15) is 32.3 Å². The molecule has 6 heteroatoms. The van der Waals surface area contributed by atoms with Gasteiger partial charge in [-0.15, -0.1) is 0 Å². The predicted octanol–water partition coefficient (Wildman–Crippen LogP) is 3.49. The van der Waals surface area contributed by atoms with Crippen LogP contribution in [0, 0.1) is 11.3 Å². The maximum absolute atomic E-state index is 13.2. The average molecular weight is 389 g/mol. The van der Waals surface area contributed by atoms with Crippen molar-refractivity contribution in [3.05, 3.63) is 48.0 Å². The summed E-state index contributed by atoms with van der Waals surface area (Å²) in [6.45, 7) is 4.54. The molecule has 0 aromatic heterocycles. The topological polar surface area (TPSA) is 73.6 Å². The first-order chi connectivity index (χ1) is 14.0. The van der Waals surface area contributed by atoms with Gasteiger partial charge in [0.15, 0.2) is 0 Å². The number of carbonyl (C=O) groups is 2. The highest BCUT2D eigenvalue weighted by Gasteiger charge is 2.37. The zero-order valence-electron chi connectivity index (χ0n) is 16.6. The molecule has 0 spiro atoms. The molecule has 0 bridgehead atoms. The van der Waals surface area contributed by atoms with E-state index in [1.165, 1.54) is 0 Å². The van der Waals surface area contributed by atoms with Gasteiger partial charge < -0.3 is 14.5 Å². The van der Waals surface area contributed by atoms with E-state index in [1.54, 1.807) is 28.9 Å². The summed E-state index contributed by atoms with van der Waals surface area (Å²) in [4.78, 5) is 29.0. The lowest BCUT2D eigenvalue weighted by Gasteiger charge is -2.41. The van der Waals surface area contributed by atoms with E-state index in [0.717, 1.165) is 35.3 Å². The minimum absolute atomic E-state index is 0.0456. The molecule has 2 atom stereocenters. The summed E-state index contributed by atoms with van der Waals surface area (Å²) in [6.07, 6.45) is 1.19. The summed E-state index contributed by atoms with van der Waals surface area (Å²) >= 11 is 0. The van der Waals surface area contributed by atoms with Gasteiger partial charge in [-0.05, 0) is 55.2 Å². The van der Waals surface area contributed by atoms with Gasteiger partial charge in [0, 0.05) is 20.1 Å². The molecule has 29 heavy (non-hydrogen) atoms. The number of benzene rings is 2. The summed E-state index contributed by atoms with van der Waals surface area (Å²) in [5.74, 6) is -0.0927. The average Bonchev–Trinajstić information content (AvgIpc) is 3.27. The van der Waals surface area contributed by atoms with Gasteiger partial charge in [-0.2, -0.15) is 5.26 Å². The van der Waals surface area contributed by atoms with Crippen molar-refractivity contribution in [2.24, 2.45) is 0 Å². The van der Waals surface area contributed by atoms with Crippen molar-refractivity contribution in [2.75, 3.05) is 23.0 Å². The zero-order chi connectivity index (χ0) is 20.5. The molecule has 1 unspecified atom stereocenters. The minimum Gasteiger partial charge on any atom is -0.368 e. The highest BCUT2D eigenvalue weighted by molar-refractivity contribution is 6.06. The molecular formula is C23H23N3O3. The largest absolute Gasteiger partial charge is 0.368 e. The third kappa shape index (κ3) is 3.50. The van der Waals surface area contributed by atoms with E-state index >= 15 is 0 Å². The number of fused-ring (bicyclic) bond motifs is 1. The quantitative estimate of drug-likeness (QED) is 0.788. The second kappa shape index (κ2) is 7.69. The van der Waals surface area contributed by atoms with E-state index < -0.39 is 6.10 Å². The summed E-state index contributed by atoms with van der Waals surface area (Å²) in [5.41, 5.74) is 3.93. The molecule has 0 radical (unpaired) electrons. The molecule has 1 fully saturated rings. The van der Waals surface area contributed by atoms with Crippen molar-refractivity contribution in [2.45, 2.75) is 38.8 Å². The molecule has 1 saturated heterocycles. The Bertz CT molecular complexity index is 987. The van der Waals surface area contributed by atoms with Gasteiger partial charge in [0.2, 0.25) is 5.91 Å². The third-order valence-electron chi connectivity index (χ3n) is 5.57. The number of ether oxygens (including phenoxy) is 1.